The summed E-state index contributed by atoms with van der Waals surface area (Å²) in [5.41, 5.74) is 1.59. The molecule has 0 aliphatic heterocycles. The van der Waals surface area contributed by atoms with Gasteiger partial charge in [-0.3, -0.25) is 9.78 Å². The zero-order valence-corrected chi connectivity index (χ0v) is 13.3. The average Bonchev–Trinajstić information content (AvgIpc) is 2.56. The summed E-state index contributed by atoms with van der Waals surface area (Å²) < 4.78 is 0. The maximum Gasteiger partial charge on any atom is 0.226 e. The Labute approximate surface area is 132 Å². The average molecular weight is 297 g/mol. The minimum absolute atomic E-state index is 0.0211. The van der Waals surface area contributed by atoms with Gasteiger partial charge >= 0.3 is 0 Å². The fourth-order valence-electron chi connectivity index (χ4n) is 2.36. The second kappa shape index (κ2) is 7.18. The van der Waals surface area contributed by atoms with Crippen LogP contribution in [0.25, 0.3) is 0 Å². The standard InChI is InChI=1S/C18H23N3O/c1-18(2,17(22)19-3)13-21-16(14-9-5-4-6-10-14)15-11-7-8-12-20-15/h4-12,16,21H,13H2,1-3H3,(H,19,22). The Morgan fingerprint density at radius 1 is 1.14 bits per heavy atom. The molecule has 4 nitrogen and oxygen atoms in total. The molecular formula is C18H23N3O. The first-order valence-electron chi connectivity index (χ1n) is 7.46. The monoisotopic (exact) mass is 297 g/mol. The van der Waals surface area contributed by atoms with Crippen LogP contribution in [0.3, 0.4) is 0 Å². The first kappa shape index (κ1) is 16.2. The fraction of sp³-hybridized carbons (Fsp3) is 0.333. The second-order valence-corrected chi connectivity index (χ2v) is 5.94. The number of carbonyl (C=O) groups is 1. The lowest BCUT2D eigenvalue weighted by atomic mass is 9.91. The van der Waals surface area contributed by atoms with E-state index in [9.17, 15) is 4.79 Å². The van der Waals surface area contributed by atoms with Gasteiger partial charge in [0.05, 0.1) is 17.2 Å². The summed E-state index contributed by atoms with van der Waals surface area (Å²) in [6, 6.07) is 16.0. The smallest absolute Gasteiger partial charge is 0.226 e. The molecule has 2 N–H and O–H groups in total. The molecule has 2 rings (SSSR count). The van der Waals surface area contributed by atoms with Crippen molar-refractivity contribution < 1.29 is 4.79 Å². The molecule has 0 saturated carbocycles. The van der Waals surface area contributed by atoms with Gasteiger partial charge in [0, 0.05) is 19.8 Å². The van der Waals surface area contributed by atoms with Gasteiger partial charge in [0.25, 0.3) is 0 Å². The summed E-state index contributed by atoms with van der Waals surface area (Å²) in [6.45, 7) is 4.42. The van der Waals surface area contributed by atoms with E-state index in [1.54, 1.807) is 13.2 Å². The minimum atomic E-state index is -0.490. The van der Waals surface area contributed by atoms with E-state index in [0.29, 0.717) is 6.54 Å². The molecule has 4 heteroatoms. The van der Waals surface area contributed by atoms with Crippen molar-refractivity contribution >= 4 is 5.91 Å². The van der Waals surface area contributed by atoms with Crippen LogP contribution < -0.4 is 10.6 Å². The highest BCUT2D eigenvalue weighted by Crippen LogP contribution is 2.22. The summed E-state index contributed by atoms with van der Waals surface area (Å²) in [4.78, 5) is 16.4. The molecule has 0 fully saturated rings. The van der Waals surface area contributed by atoms with Crippen molar-refractivity contribution in [1.29, 1.82) is 0 Å². The normalized spacial score (nSPS) is 12.7. The molecule has 2 aromatic rings. The number of rotatable bonds is 6. The van der Waals surface area contributed by atoms with Crippen molar-refractivity contribution in [2.75, 3.05) is 13.6 Å². The molecular weight excluding hydrogens is 274 g/mol. The molecule has 0 aliphatic carbocycles. The van der Waals surface area contributed by atoms with Crippen LogP contribution in [0, 0.1) is 5.41 Å². The van der Waals surface area contributed by atoms with Gasteiger partial charge in [0.15, 0.2) is 0 Å². The molecule has 1 amide bonds. The lowest BCUT2D eigenvalue weighted by molar-refractivity contribution is -0.128. The maximum absolute atomic E-state index is 12.0. The van der Waals surface area contributed by atoms with E-state index in [2.05, 4.69) is 27.8 Å². The molecule has 116 valence electrons. The SMILES string of the molecule is CNC(=O)C(C)(C)CNC(c1ccccc1)c1ccccn1. The van der Waals surface area contributed by atoms with E-state index >= 15 is 0 Å². The van der Waals surface area contributed by atoms with Crippen molar-refractivity contribution in [3.63, 3.8) is 0 Å². The first-order chi connectivity index (χ1) is 10.5. The zero-order valence-electron chi connectivity index (χ0n) is 13.3. The van der Waals surface area contributed by atoms with Gasteiger partial charge in [-0.05, 0) is 31.5 Å². The predicted octanol–water partition coefficient (Wildman–Crippen LogP) is 2.53. The third-order valence-corrected chi connectivity index (χ3v) is 3.71. The van der Waals surface area contributed by atoms with Gasteiger partial charge in [-0.25, -0.2) is 0 Å². The molecule has 0 radical (unpaired) electrons. The van der Waals surface area contributed by atoms with Crippen LogP contribution in [0.2, 0.25) is 0 Å². The Morgan fingerprint density at radius 2 is 1.82 bits per heavy atom. The third kappa shape index (κ3) is 3.92. The Kier molecular flexibility index (Phi) is 5.28. The van der Waals surface area contributed by atoms with E-state index in [-0.39, 0.29) is 11.9 Å². The predicted molar refractivity (Wildman–Crippen MR) is 88.4 cm³/mol. The van der Waals surface area contributed by atoms with Crippen LogP contribution in [-0.4, -0.2) is 24.5 Å². The first-order valence-corrected chi connectivity index (χ1v) is 7.46. The molecule has 1 aromatic heterocycles. The number of benzene rings is 1. The molecule has 1 heterocycles. The number of carbonyl (C=O) groups excluding carboxylic acids is 1. The summed E-state index contributed by atoms with van der Waals surface area (Å²) in [6.07, 6.45) is 1.79. The Hall–Kier alpha value is -2.20. The van der Waals surface area contributed by atoms with Crippen molar-refractivity contribution in [3.05, 3.63) is 66.0 Å². The lowest BCUT2D eigenvalue weighted by Gasteiger charge is -2.27. The zero-order chi connectivity index (χ0) is 16.0. The van der Waals surface area contributed by atoms with Gasteiger partial charge in [-0.2, -0.15) is 0 Å². The number of amides is 1. The highest BCUT2D eigenvalue weighted by molar-refractivity contribution is 5.81. The van der Waals surface area contributed by atoms with E-state index in [1.807, 2.05) is 50.2 Å². The van der Waals surface area contributed by atoms with Crippen LogP contribution in [0.1, 0.15) is 31.1 Å². The van der Waals surface area contributed by atoms with Gasteiger partial charge in [-0.15, -0.1) is 0 Å². The van der Waals surface area contributed by atoms with Gasteiger partial charge in [0.2, 0.25) is 5.91 Å². The van der Waals surface area contributed by atoms with Gasteiger partial charge in [0.1, 0.15) is 0 Å². The quantitative estimate of drug-likeness (QED) is 0.861. The highest BCUT2D eigenvalue weighted by Gasteiger charge is 2.28. The minimum Gasteiger partial charge on any atom is -0.359 e. The number of hydrogen-bond acceptors (Lipinski definition) is 3. The van der Waals surface area contributed by atoms with Crippen LogP contribution in [0.5, 0.6) is 0 Å². The lowest BCUT2D eigenvalue weighted by Crippen LogP contribution is -2.43. The van der Waals surface area contributed by atoms with E-state index in [1.165, 1.54) is 0 Å². The summed E-state index contributed by atoms with van der Waals surface area (Å²) >= 11 is 0. The summed E-state index contributed by atoms with van der Waals surface area (Å²) in [5, 5.41) is 6.20. The third-order valence-electron chi connectivity index (χ3n) is 3.71. The van der Waals surface area contributed by atoms with Crippen LogP contribution in [0.15, 0.2) is 54.7 Å². The molecule has 0 bridgehead atoms. The largest absolute Gasteiger partial charge is 0.359 e. The van der Waals surface area contributed by atoms with Crippen molar-refractivity contribution in [2.45, 2.75) is 19.9 Å². The molecule has 1 unspecified atom stereocenters. The number of aromatic nitrogens is 1. The van der Waals surface area contributed by atoms with Crippen molar-refractivity contribution in [1.82, 2.24) is 15.6 Å². The van der Waals surface area contributed by atoms with Gasteiger partial charge < -0.3 is 10.6 Å². The Morgan fingerprint density at radius 3 is 2.41 bits per heavy atom. The Bertz CT molecular complexity index is 557. The second-order valence-electron chi connectivity index (χ2n) is 5.94. The summed E-state index contributed by atoms with van der Waals surface area (Å²) in [7, 11) is 1.66. The van der Waals surface area contributed by atoms with Crippen LogP contribution >= 0.6 is 0 Å². The number of pyridine rings is 1. The molecule has 0 saturated heterocycles. The van der Waals surface area contributed by atoms with E-state index in [0.717, 1.165) is 11.3 Å². The maximum atomic E-state index is 12.0. The molecule has 0 spiro atoms. The van der Waals surface area contributed by atoms with E-state index in [4.69, 9.17) is 0 Å². The molecule has 1 aromatic carbocycles. The number of nitrogens with zero attached hydrogens (tertiary/aromatic N) is 1. The Balaban J connectivity index is 2.22. The fourth-order valence-corrected chi connectivity index (χ4v) is 2.36. The molecule has 0 aliphatic rings. The molecule has 1 atom stereocenters. The number of nitrogens with one attached hydrogen (secondary N) is 2. The van der Waals surface area contributed by atoms with E-state index < -0.39 is 5.41 Å². The van der Waals surface area contributed by atoms with Crippen molar-refractivity contribution in [2.24, 2.45) is 5.41 Å². The number of hydrogen-bond donors (Lipinski definition) is 2. The highest BCUT2D eigenvalue weighted by atomic mass is 16.2. The summed E-state index contributed by atoms with van der Waals surface area (Å²) in [5.74, 6) is 0.0211. The topological polar surface area (TPSA) is 54.0 Å². The molecule has 22 heavy (non-hydrogen) atoms. The van der Waals surface area contributed by atoms with Gasteiger partial charge in [-0.1, -0.05) is 36.4 Å². The van der Waals surface area contributed by atoms with Crippen LogP contribution in [0.4, 0.5) is 0 Å². The van der Waals surface area contributed by atoms with Crippen molar-refractivity contribution in [3.8, 4) is 0 Å². The van der Waals surface area contributed by atoms with Crippen LogP contribution in [-0.2, 0) is 4.79 Å².